The van der Waals surface area contributed by atoms with Gasteiger partial charge in [0.1, 0.15) is 11.5 Å². The van der Waals surface area contributed by atoms with E-state index in [1.165, 1.54) is 0 Å². The SMILES string of the molecule is CC(O)c1cc(Br)ccc1Oc1cccc(Cl)c1. The molecule has 2 rings (SSSR count). The second kappa shape index (κ2) is 5.74. The Morgan fingerprint density at radius 2 is 2.00 bits per heavy atom. The third-order valence-electron chi connectivity index (χ3n) is 2.45. The molecule has 0 aliphatic carbocycles. The zero-order valence-corrected chi connectivity index (χ0v) is 12.1. The van der Waals surface area contributed by atoms with Crippen LogP contribution in [0.4, 0.5) is 0 Å². The summed E-state index contributed by atoms with van der Waals surface area (Å²) >= 11 is 9.28. The predicted octanol–water partition coefficient (Wildman–Crippen LogP) is 4.95. The van der Waals surface area contributed by atoms with Gasteiger partial charge in [0.05, 0.1) is 6.10 Å². The first-order valence-corrected chi connectivity index (χ1v) is 6.64. The standard InChI is InChI=1S/C14H12BrClO2/c1-9(17)13-7-10(15)5-6-14(13)18-12-4-2-3-11(16)8-12/h2-9,17H,1H3. The Hall–Kier alpha value is -1.03. The maximum atomic E-state index is 9.73. The number of hydrogen-bond acceptors (Lipinski definition) is 2. The molecule has 94 valence electrons. The summed E-state index contributed by atoms with van der Waals surface area (Å²) in [7, 11) is 0. The number of halogens is 2. The van der Waals surface area contributed by atoms with Gasteiger partial charge in [0.15, 0.2) is 0 Å². The molecule has 0 spiro atoms. The highest BCUT2D eigenvalue weighted by molar-refractivity contribution is 9.10. The van der Waals surface area contributed by atoms with E-state index in [9.17, 15) is 5.11 Å². The van der Waals surface area contributed by atoms with Crippen molar-refractivity contribution in [3.63, 3.8) is 0 Å². The summed E-state index contributed by atoms with van der Waals surface area (Å²) in [5.74, 6) is 1.27. The van der Waals surface area contributed by atoms with Crippen molar-refractivity contribution in [3.8, 4) is 11.5 Å². The first kappa shape index (κ1) is 13.4. The highest BCUT2D eigenvalue weighted by Crippen LogP contribution is 2.32. The van der Waals surface area contributed by atoms with Crippen LogP contribution in [0.3, 0.4) is 0 Å². The zero-order chi connectivity index (χ0) is 13.1. The Kier molecular flexibility index (Phi) is 4.27. The van der Waals surface area contributed by atoms with Crippen LogP contribution >= 0.6 is 27.5 Å². The summed E-state index contributed by atoms with van der Waals surface area (Å²) in [6.45, 7) is 1.70. The van der Waals surface area contributed by atoms with Gasteiger partial charge in [-0.15, -0.1) is 0 Å². The summed E-state index contributed by atoms with van der Waals surface area (Å²) in [6, 6.07) is 12.7. The monoisotopic (exact) mass is 326 g/mol. The lowest BCUT2D eigenvalue weighted by Crippen LogP contribution is -1.96. The molecule has 0 aromatic heterocycles. The summed E-state index contributed by atoms with van der Waals surface area (Å²) < 4.78 is 6.64. The van der Waals surface area contributed by atoms with Crippen LogP contribution < -0.4 is 4.74 Å². The number of aliphatic hydroxyl groups excluding tert-OH is 1. The van der Waals surface area contributed by atoms with Gasteiger partial charge in [0, 0.05) is 15.1 Å². The van der Waals surface area contributed by atoms with Gasteiger partial charge in [0.25, 0.3) is 0 Å². The van der Waals surface area contributed by atoms with Crippen LogP contribution in [0, 0.1) is 0 Å². The second-order valence-electron chi connectivity index (χ2n) is 3.92. The van der Waals surface area contributed by atoms with E-state index in [2.05, 4.69) is 15.9 Å². The fourth-order valence-corrected chi connectivity index (χ4v) is 2.16. The lowest BCUT2D eigenvalue weighted by molar-refractivity contribution is 0.195. The molecular weight excluding hydrogens is 316 g/mol. The molecule has 0 saturated carbocycles. The Labute approximate surface area is 119 Å². The largest absolute Gasteiger partial charge is 0.457 e. The lowest BCUT2D eigenvalue weighted by atomic mass is 10.1. The Morgan fingerprint density at radius 1 is 1.22 bits per heavy atom. The third kappa shape index (κ3) is 3.25. The Morgan fingerprint density at radius 3 is 2.67 bits per heavy atom. The molecule has 1 N–H and O–H groups in total. The smallest absolute Gasteiger partial charge is 0.133 e. The van der Waals surface area contributed by atoms with Crippen LogP contribution in [0.25, 0.3) is 0 Å². The van der Waals surface area contributed by atoms with Gasteiger partial charge in [-0.1, -0.05) is 33.6 Å². The first-order chi connectivity index (χ1) is 8.56. The van der Waals surface area contributed by atoms with Gasteiger partial charge in [-0.2, -0.15) is 0 Å². The molecule has 2 nitrogen and oxygen atoms in total. The summed E-state index contributed by atoms with van der Waals surface area (Å²) in [6.07, 6.45) is -0.600. The van der Waals surface area contributed by atoms with E-state index in [1.54, 1.807) is 19.1 Å². The first-order valence-electron chi connectivity index (χ1n) is 5.47. The van der Waals surface area contributed by atoms with Crippen molar-refractivity contribution in [2.75, 3.05) is 0 Å². The molecule has 0 bridgehead atoms. The summed E-state index contributed by atoms with van der Waals surface area (Å²) in [5, 5.41) is 10.3. The maximum Gasteiger partial charge on any atom is 0.133 e. The number of benzene rings is 2. The molecular formula is C14H12BrClO2. The normalized spacial score (nSPS) is 12.2. The molecule has 0 amide bonds. The quantitative estimate of drug-likeness (QED) is 0.864. The fraction of sp³-hybridized carbons (Fsp3) is 0.143. The maximum absolute atomic E-state index is 9.73. The minimum atomic E-state index is -0.600. The van der Waals surface area contributed by atoms with E-state index in [0.717, 1.165) is 10.0 Å². The van der Waals surface area contributed by atoms with Gasteiger partial charge in [0.2, 0.25) is 0 Å². The zero-order valence-electron chi connectivity index (χ0n) is 9.73. The van der Waals surface area contributed by atoms with Crippen molar-refractivity contribution >= 4 is 27.5 Å². The van der Waals surface area contributed by atoms with Gasteiger partial charge in [-0.05, 0) is 43.3 Å². The minimum absolute atomic E-state index is 0.600. The molecule has 2 aromatic rings. The number of ether oxygens (including phenoxy) is 1. The van der Waals surface area contributed by atoms with Gasteiger partial charge < -0.3 is 9.84 Å². The van der Waals surface area contributed by atoms with E-state index in [4.69, 9.17) is 16.3 Å². The molecule has 1 atom stereocenters. The van der Waals surface area contributed by atoms with Crippen molar-refractivity contribution in [2.24, 2.45) is 0 Å². The molecule has 1 unspecified atom stereocenters. The lowest BCUT2D eigenvalue weighted by Gasteiger charge is -2.13. The van der Waals surface area contributed by atoms with E-state index < -0.39 is 6.10 Å². The fourth-order valence-electron chi connectivity index (χ4n) is 1.60. The van der Waals surface area contributed by atoms with Crippen molar-refractivity contribution in [1.82, 2.24) is 0 Å². The van der Waals surface area contributed by atoms with Gasteiger partial charge >= 0.3 is 0 Å². The van der Waals surface area contributed by atoms with Gasteiger partial charge in [-0.25, -0.2) is 0 Å². The highest BCUT2D eigenvalue weighted by Gasteiger charge is 2.10. The molecule has 2 aromatic carbocycles. The minimum Gasteiger partial charge on any atom is -0.457 e. The van der Waals surface area contributed by atoms with E-state index in [0.29, 0.717) is 16.5 Å². The van der Waals surface area contributed by atoms with Crippen LogP contribution in [0.5, 0.6) is 11.5 Å². The molecule has 4 heteroatoms. The van der Waals surface area contributed by atoms with Crippen molar-refractivity contribution in [3.05, 3.63) is 57.5 Å². The van der Waals surface area contributed by atoms with Crippen molar-refractivity contribution in [1.29, 1.82) is 0 Å². The van der Waals surface area contributed by atoms with Crippen LogP contribution in [0.1, 0.15) is 18.6 Å². The average molecular weight is 328 g/mol. The molecule has 0 radical (unpaired) electrons. The summed E-state index contributed by atoms with van der Waals surface area (Å²) in [5.41, 5.74) is 0.726. The second-order valence-corrected chi connectivity index (χ2v) is 5.27. The number of aliphatic hydroxyl groups is 1. The molecule has 0 saturated heterocycles. The Bertz CT molecular complexity index is 555. The van der Waals surface area contributed by atoms with Crippen LogP contribution in [-0.4, -0.2) is 5.11 Å². The van der Waals surface area contributed by atoms with Gasteiger partial charge in [-0.3, -0.25) is 0 Å². The third-order valence-corrected chi connectivity index (χ3v) is 3.17. The van der Waals surface area contributed by atoms with E-state index >= 15 is 0 Å². The molecule has 0 heterocycles. The summed E-state index contributed by atoms with van der Waals surface area (Å²) in [4.78, 5) is 0. The van der Waals surface area contributed by atoms with Crippen LogP contribution in [0.15, 0.2) is 46.9 Å². The van der Waals surface area contributed by atoms with Crippen molar-refractivity contribution in [2.45, 2.75) is 13.0 Å². The van der Waals surface area contributed by atoms with Crippen molar-refractivity contribution < 1.29 is 9.84 Å². The van der Waals surface area contributed by atoms with Crippen LogP contribution in [-0.2, 0) is 0 Å². The highest BCUT2D eigenvalue weighted by atomic mass is 79.9. The van der Waals surface area contributed by atoms with E-state index in [1.807, 2.05) is 30.3 Å². The predicted molar refractivity (Wildman–Crippen MR) is 76.3 cm³/mol. The molecule has 0 aliphatic rings. The number of rotatable bonds is 3. The Balaban J connectivity index is 2.34. The van der Waals surface area contributed by atoms with E-state index in [-0.39, 0.29) is 0 Å². The molecule has 18 heavy (non-hydrogen) atoms. The number of hydrogen-bond donors (Lipinski definition) is 1. The van der Waals surface area contributed by atoms with Crippen LogP contribution in [0.2, 0.25) is 5.02 Å². The topological polar surface area (TPSA) is 29.5 Å². The molecule has 0 fully saturated rings. The molecule has 0 aliphatic heterocycles. The average Bonchev–Trinajstić information content (AvgIpc) is 2.31.